The average molecular weight is 146 g/mol. The second-order valence-corrected chi connectivity index (χ2v) is 2.83. The van der Waals surface area contributed by atoms with Gasteiger partial charge in [0, 0.05) is 19.0 Å². The topological polar surface area (TPSA) is 24.1 Å². The molecule has 1 saturated heterocycles. The molecule has 0 bridgehead atoms. The minimum atomic E-state index is -0.652. The van der Waals surface area contributed by atoms with Crippen molar-refractivity contribution in [2.24, 2.45) is 5.92 Å². The molecule has 3 heteroatoms. The van der Waals surface area contributed by atoms with Crippen LogP contribution in [0.1, 0.15) is 6.42 Å². The van der Waals surface area contributed by atoms with E-state index >= 15 is 0 Å². The van der Waals surface area contributed by atoms with Crippen molar-refractivity contribution in [3.63, 3.8) is 0 Å². The van der Waals surface area contributed by atoms with Gasteiger partial charge in [0.2, 0.25) is 0 Å². The van der Waals surface area contributed by atoms with Crippen molar-refractivity contribution in [2.75, 3.05) is 26.7 Å². The van der Waals surface area contributed by atoms with Crippen LogP contribution in [0, 0.1) is 5.92 Å². The third-order valence-electron chi connectivity index (χ3n) is 2.01. The highest BCUT2D eigenvalue weighted by Crippen LogP contribution is 2.13. The number of hydrogen-bond acceptors (Lipinski definition) is 2. The largest absolute Gasteiger partial charge is 0.319 e. The van der Waals surface area contributed by atoms with Crippen molar-refractivity contribution in [1.82, 2.24) is 10.6 Å². The normalized spacial score (nSPS) is 34.2. The number of hydrogen-bond donors (Lipinski definition) is 2. The van der Waals surface area contributed by atoms with Crippen LogP contribution in [0.25, 0.3) is 0 Å². The molecule has 0 aromatic rings. The molecule has 1 fully saturated rings. The molecule has 2 N–H and O–H groups in total. The molecule has 0 spiro atoms. The minimum absolute atomic E-state index is 0.228. The van der Waals surface area contributed by atoms with Gasteiger partial charge in [0.15, 0.2) is 0 Å². The first-order chi connectivity index (χ1) is 4.84. The second-order valence-electron chi connectivity index (χ2n) is 2.83. The van der Waals surface area contributed by atoms with Crippen molar-refractivity contribution in [1.29, 1.82) is 0 Å². The van der Waals surface area contributed by atoms with Crippen LogP contribution < -0.4 is 10.6 Å². The predicted molar refractivity (Wildman–Crippen MR) is 39.8 cm³/mol. The fraction of sp³-hybridized carbons (Fsp3) is 1.00. The molecule has 1 aliphatic rings. The maximum atomic E-state index is 12.9. The van der Waals surface area contributed by atoms with Gasteiger partial charge in [0.25, 0.3) is 0 Å². The zero-order valence-corrected chi connectivity index (χ0v) is 6.36. The minimum Gasteiger partial charge on any atom is -0.319 e. The zero-order chi connectivity index (χ0) is 7.40. The molecular formula is C7H15FN2. The maximum absolute atomic E-state index is 12.9. The van der Waals surface area contributed by atoms with E-state index in [4.69, 9.17) is 0 Å². The molecule has 1 heterocycles. The summed E-state index contributed by atoms with van der Waals surface area (Å²) in [5.41, 5.74) is 0. The Labute approximate surface area is 61.2 Å². The van der Waals surface area contributed by atoms with Gasteiger partial charge < -0.3 is 10.6 Å². The van der Waals surface area contributed by atoms with Gasteiger partial charge in [-0.3, -0.25) is 0 Å². The molecule has 0 aliphatic carbocycles. The Morgan fingerprint density at radius 3 is 3.10 bits per heavy atom. The van der Waals surface area contributed by atoms with Crippen LogP contribution in [0.15, 0.2) is 0 Å². The molecule has 0 radical (unpaired) electrons. The van der Waals surface area contributed by atoms with E-state index in [1.165, 1.54) is 0 Å². The molecular weight excluding hydrogens is 131 g/mol. The highest BCUT2D eigenvalue weighted by Gasteiger charge is 2.23. The number of piperidine rings is 1. The highest BCUT2D eigenvalue weighted by molar-refractivity contribution is 4.78. The van der Waals surface area contributed by atoms with E-state index in [0.29, 0.717) is 6.54 Å². The lowest BCUT2D eigenvalue weighted by molar-refractivity contribution is 0.179. The van der Waals surface area contributed by atoms with Crippen LogP contribution in [0.5, 0.6) is 0 Å². The fourth-order valence-corrected chi connectivity index (χ4v) is 1.37. The molecule has 0 amide bonds. The number of halogens is 1. The van der Waals surface area contributed by atoms with E-state index in [1.54, 1.807) is 0 Å². The van der Waals surface area contributed by atoms with E-state index in [2.05, 4.69) is 10.6 Å². The standard InChI is InChI=1S/C7H15FN2/c1-9-4-6-2-3-10-5-7(6)8/h6-7,9-10H,2-5H2,1H3. The lowest BCUT2D eigenvalue weighted by Gasteiger charge is -2.26. The van der Waals surface area contributed by atoms with Gasteiger partial charge in [0.1, 0.15) is 6.17 Å². The van der Waals surface area contributed by atoms with Crippen LogP contribution >= 0.6 is 0 Å². The molecule has 60 valence electrons. The van der Waals surface area contributed by atoms with Gasteiger partial charge >= 0.3 is 0 Å². The third kappa shape index (κ3) is 1.92. The van der Waals surface area contributed by atoms with Gasteiger partial charge in [-0.05, 0) is 20.0 Å². The molecule has 2 nitrogen and oxygen atoms in total. The highest BCUT2D eigenvalue weighted by atomic mass is 19.1. The Morgan fingerprint density at radius 1 is 1.70 bits per heavy atom. The van der Waals surface area contributed by atoms with Gasteiger partial charge in [-0.25, -0.2) is 4.39 Å². The van der Waals surface area contributed by atoms with Crippen molar-refractivity contribution in [3.8, 4) is 0 Å². The monoisotopic (exact) mass is 146 g/mol. The van der Waals surface area contributed by atoms with Gasteiger partial charge in [-0.15, -0.1) is 0 Å². The molecule has 2 atom stereocenters. The molecule has 0 saturated carbocycles. The quantitative estimate of drug-likeness (QED) is 0.579. The smallest absolute Gasteiger partial charge is 0.117 e. The summed E-state index contributed by atoms with van der Waals surface area (Å²) in [4.78, 5) is 0. The Hall–Kier alpha value is -0.150. The fourth-order valence-electron chi connectivity index (χ4n) is 1.37. The van der Waals surface area contributed by atoms with Crippen LogP contribution in [0.2, 0.25) is 0 Å². The van der Waals surface area contributed by atoms with Crippen LogP contribution in [-0.4, -0.2) is 32.9 Å². The first-order valence-corrected chi connectivity index (χ1v) is 3.84. The zero-order valence-electron chi connectivity index (χ0n) is 6.36. The Balaban J connectivity index is 2.25. The molecule has 0 aromatic carbocycles. The van der Waals surface area contributed by atoms with Crippen molar-refractivity contribution in [3.05, 3.63) is 0 Å². The van der Waals surface area contributed by atoms with Crippen LogP contribution in [0.3, 0.4) is 0 Å². The van der Waals surface area contributed by atoms with Crippen LogP contribution in [-0.2, 0) is 0 Å². The molecule has 2 unspecified atom stereocenters. The summed E-state index contributed by atoms with van der Waals surface area (Å²) in [6.45, 7) is 2.31. The summed E-state index contributed by atoms with van der Waals surface area (Å²) in [6, 6.07) is 0. The molecule has 1 rings (SSSR count). The first-order valence-electron chi connectivity index (χ1n) is 3.84. The number of rotatable bonds is 2. The van der Waals surface area contributed by atoms with E-state index in [9.17, 15) is 4.39 Å². The molecule has 0 aromatic heterocycles. The van der Waals surface area contributed by atoms with Gasteiger partial charge in [0.05, 0.1) is 0 Å². The lowest BCUT2D eigenvalue weighted by atomic mass is 9.96. The van der Waals surface area contributed by atoms with Crippen molar-refractivity contribution < 1.29 is 4.39 Å². The summed E-state index contributed by atoms with van der Waals surface area (Å²) in [5.74, 6) is 0.228. The summed E-state index contributed by atoms with van der Waals surface area (Å²) < 4.78 is 12.9. The molecule has 10 heavy (non-hydrogen) atoms. The van der Waals surface area contributed by atoms with E-state index in [-0.39, 0.29) is 5.92 Å². The van der Waals surface area contributed by atoms with Crippen LogP contribution in [0.4, 0.5) is 4.39 Å². The molecule has 1 aliphatic heterocycles. The average Bonchev–Trinajstić information content (AvgIpc) is 1.94. The predicted octanol–water partition coefficient (Wildman–Crippen LogP) is 0.153. The number of nitrogens with one attached hydrogen (secondary N) is 2. The summed E-state index contributed by atoms with van der Waals surface area (Å²) in [7, 11) is 1.87. The summed E-state index contributed by atoms with van der Waals surface area (Å²) in [5, 5.41) is 6.02. The van der Waals surface area contributed by atoms with Gasteiger partial charge in [-0.1, -0.05) is 0 Å². The Morgan fingerprint density at radius 2 is 2.50 bits per heavy atom. The van der Waals surface area contributed by atoms with E-state index in [1.807, 2.05) is 7.05 Å². The summed E-state index contributed by atoms with van der Waals surface area (Å²) in [6.07, 6.45) is 0.309. The second kappa shape index (κ2) is 3.88. The van der Waals surface area contributed by atoms with E-state index < -0.39 is 6.17 Å². The van der Waals surface area contributed by atoms with Gasteiger partial charge in [-0.2, -0.15) is 0 Å². The van der Waals surface area contributed by atoms with Crippen molar-refractivity contribution >= 4 is 0 Å². The lowest BCUT2D eigenvalue weighted by Crippen LogP contribution is -2.41. The SMILES string of the molecule is CNCC1CCNCC1F. The maximum Gasteiger partial charge on any atom is 0.117 e. The summed E-state index contributed by atoms with van der Waals surface area (Å²) >= 11 is 0. The first kappa shape index (κ1) is 7.95. The Kier molecular flexibility index (Phi) is 3.09. The Bertz CT molecular complexity index is 95.6. The third-order valence-corrected chi connectivity index (χ3v) is 2.01. The van der Waals surface area contributed by atoms with E-state index in [0.717, 1.165) is 19.5 Å². The number of alkyl halides is 1. The van der Waals surface area contributed by atoms with Crippen molar-refractivity contribution in [2.45, 2.75) is 12.6 Å².